The van der Waals surface area contributed by atoms with Crippen molar-refractivity contribution in [2.75, 3.05) is 0 Å². The summed E-state index contributed by atoms with van der Waals surface area (Å²) in [5.41, 5.74) is 0. The molecule has 0 aliphatic heterocycles. The van der Waals surface area contributed by atoms with Crippen LogP contribution in [0.3, 0.4) is 0 Å². The first-order valence-electron chi connectivity index (χ1n) is 10.0. The Balaban J connectivity index is 0. The van der Waals surface area contributed by atoms with E-state index in [4.69, 9.17) is 0 Å². The standard InChI is InChI=1S/C19H40O4S.K/c1-3-5-6-7-8-11-15-18(20)16-12-9-10-13-17-19(14-4-2)24(21,22)23;/h18-20H,3-17H2,1-2H3,(H,21,22,23);/q;+1/p-1. The minimum absolute atomic E-state index is 0. The average Bonchev–Trinajstić information content (AvgIpc) is 2.52. The van der Waals surface area contributed by atoms with Crippen LogP contribution in [0.1, 0.15) is 110 Å². The molecule has 0 bridgehead atoms. The monoisotopic (exact) mass is 402 g/mol. The number of hydrogen-bond donors (Lipinski definition) is 1. The van der Waals surface area contributed by atoms with E-state index in [-0.39, 0.29) is 57.5 Å². The molecule has 0 aliphatic rings. The second kappa shape index (κ2) is 18.9. The Morgan fingerprint density at radius 2 is 1.16 bits per heavy atom. The minimum atomic E-state index is -4.14. The molecule has 0 spiro atoms. The van der Waals surface area contributed by atoms with Gasteiger partial charge in [-0.25, -0.2) is 8.42 Å². The maximum atomic E-state index is 11.1. The van der Waals surface area contributed by atoms with Gasteiger partial charge in [0, 0.05) is 5.25 Å². The van der Waals surface area contributed by atoms with Crippen molar-refractivity contribution in [2.45, 2.75) is 122 Å². The smallest absolute Gasteiger partial charge is 0.748 e. The maximum absolute atomic E-state index is 11.1. The van der Waals surface area contributed by atoms with Crippen LogP contribution in [0.2, 0.25) is 0 Å². The van der Waals surface area contributed by atoms with E-state index < -0.39 is 15.4 Å². The Kier molecular flexibility index (Phi) is 21.7. The molecular formula is C19H39KO4S. The van der Waals surface area contributed by atoms with Gasteiger partial charge in [0.1, 0.15) is 0 Å². The summed E-state index contributed by atoms with van der Waals surface area (Å²) in [6.45, 7) is 4.12. The summed E-state index contributed by atoms with van der Waals surface area (Å²) in [5, 5.41) is 9.25. The SMILES string of the molecule is CCCCCCCCC(O)CCCCCCC(CCC)S(=O)(=O)[O-].[K+]. The molecule has 0 saturated heterocycles. The van der Waals surface area contributed by atoms with Crippen LogP contribution in [-0.2, 0) is 10.1 Å². The molecule has 0 heterocycles. The summed E-state index contributed by atoms with van der Waals surface area (Å²) in [6, 6.07) is 0. The molecule has 0 aromatic heterocycles. The summed E-state index contributed by atoms with van der Waals surface area (Å²) in [7, 11) is -4.14. The predicted molar refractivity (Wildman–Crippen MR) is 100 cm³/mol. The fourth-order valence-corrected chi connectivity index (χ4v) is 4.14. The number of rotatable bonds is 17. The third-order valence-electron chi connectivity index (χ3n) is 4.72. The van der Waals surface area contributed by atoms with Gasteiger partial charge in [-0.1, -0.05) is 84.5 Å². The van der Waals surface area contributed by atoms with Gasteiger partial charge in [-0.3, -0.25) is 0 Å². The average molecular weight is 403 g/mol. The minimum Gasteiger partial charge on any atom is -0.748 e. The fraction of sp³-hybridized carbons (Fsp3) is 1.00. The molecule has 6 heteroatoms. The van der Waals surface area contributed by atoms with Gasteiger partial charge in [-0.05, 0) is 25.7 Å². The zero-order valence-electron chi connectivity index (χ0n) is 16.8. The van der Waals surface area contributed by atoms with E-state index in [0.29, 0.717) is 12.8 Å². The van der Waals surface area contributed by atoms with Crippen molar-refractivity contribution < 1.29 is 69.5 Å². The van der Waals surface area contributed by atoms with Gasteiger partial charge in [0.15, 0.2) is 0 Å². The summed E-state index contributed by atoms with van der Waals surface area (Å²) < 4.78 is 33.4. The molecule has 0 aliphatic carbocycles. The summed E-state index contributed by atoms with van der Waals surface area (Å²) in [6.07, 6.45) is 14.5. The van der Waals surface area contributed by atoms with Gasteiger partial charge in [-0.15, -0.1) is 0 Å². The molecule has 2 unspecified atom stereocenters. The molecule has 2 atom stereocenters. The number of aliphatic hydroxyl groups excluding tert-OH is 1. The van der Waals surface area contributed by atoms with E-state index in [9.17, 15) is 18.1 Å². The van der Waals surface area contributed by atoms with E-state index in [2.05, 4.69) is 6.92 Å². The molecule has 0 rings (SSSR count). The Hall–Kier alpha value is 1.51. The Bertz CT molecular complexity index is 374. The van der Waals surface area contributed by atoms with E-state index in [0.717, 1.165) is 51.4 Å². The van der Waals surface area contributed by atoms with Crippen LogP contribution in [0.15, 0.2) is 0 Å². The Morgan fingerprint density at radius 3 is 1.60 bits per heavy atom. The van der Waals surface area contributed by atoms with Crippen LogP contribution in [0.5, 0.6) is 0 Å². The van der Waals surface area contributed by atoms with E-state index in [1.807, 2.05) is 6.92 Å². The molecule has 0 amide bonds. The first-order chi connectivity index (χ1) is 11.4. The van der Waals surface area contributed by atoms with Crippen LogP contribution in [-0.4, -0.2) is 29.4 Å². The van der Waals surface area contributed by atoms with Gasteiger partial charge < -0.3 is 9.66 Å². The molecule has 0 saturated carbocycles. The van der Waals surface area contributed by atoms with Crippen molar-refractivity contribution in [3.8, 4) is 0 Å². The van der Waals surface area contributed by atoms with Gasteiger partial charge in [0.25, 0.3) is 0 Å². The fourth-order valence-electron chi connectivity index (χ4n) is 3.17. The van der Waals surface area contributed by atoms with E-state index >= 15 is 0 Å². The first-order valence-corrected chi connectivity index (χ1v) is 11.5. The summed E-state index contributed by atoms with van der Waals surface area (Å²) in [4.78, 5) is 0. The van der Waals surface area contributed by atoms with Crippen LogP contribution in [0, 0.1) is 0 Å². The zero-order valence-corrected chi connectivity index (χ0v) is 20.8. The van der Waals surface area contributed by atoms with Crippen molar-refractivity contribution in [3.05, 3.63) is 0 Å². The Labute approximate surface area is 199 Å². The van der Waals surface area contributed by atoms with Gasteiger partial charge in [0.05, 0.1) is 16.2 Å². The van der Waals surface area contributed by atoms with Gasteiger partial charge in [0.2, 0.25) is 0 Å². The molecule has 25 heavy (non-hydrogen) atoms. The Morgan fingerprint density at radius 1 is 0.720 bits per heavy atom. The third-order valence-corrected chi connectivity index (χ3v) is 6.01. The van der Waals surface area contributed by atoms with Crippen molar-refractivity contribution in [3.63, 3.8) is 0 Å². The molecular weight excluding hydrogens is 363 g/mol. The molecule has 0 aromatic rings. The van der Waals surface area contributed by atoms with Crippen LogP contribution in [0.25, 0.3) is 0 Å². The second-order valence-electron chi connectivity index (χ2n) is 7.11. The molecule has 0 radical (unpaired) electrons. The number of hydrogen-bond acceptors (Lipinski definition) is 4. The largest absolute Gasteiger partial charge is 1.00 e. The molecule has 0 aromatic carbocycles. The molecule has 146 valence electrons. The first kappa shape index (κ1) is 28.7. The number of aliphatic hydroxyl groups is 1. The van der Waals surface area contributed by atoms with Crippen LogP contribution < -0.4 is 51.4 Å². The van der Waals surface area contributed by atoms with Crippen LogP contribution in [0.4, 0.5) is 0 Å². The molecule has 0 fully saturated rings. The third kappa shape index (κ3) is 18.6. The zero-order chi connectivity index (χ0) is 18.3. The van der Waals surface area contributed by atoms with Crippen molar-refractivity contribution in [1.29, 1.82) is 0 Å². The number of unbranched alkanes of at least 4 members (excludes halogenated alkanes) is 8. The topological polar surface area (TPSA) is 77.4 Å². The van der Waals surface area contributed by atoms with Crippen LogP contribution >= 0.6 is 0 Å². The second-order valence-corrected chi connectivity index (χ2v) is 8.76. The summed E-state index contributed by atoms with van der Waals surface area (Å²) in [5.74, 6) is 0. The van der Waals surface area contributed by atoms with Crippen molar-refractivity contribution in [2.24, 2.45) is 0 Å². The van der Waals surface area contributed by atoms with E-state index in [1.54, 1.807) is 0 Å². The summed E-state index contributed by atoms with van der Waals surface area (Å²) >= 11 is 0. The quantitative estimate of drug-likeness (QED) is 0.230. The van der Waals surface area contributed by atoms with E-state index in [1.165, 1.54) is 32.1 Å². The van der Waals surface area contributed by atoms with Crippen molar-refractivity contribution in [1.82, 2.24) is 0 Å². The maximum Gasteiger partial charge on any atom is 1.00 e. The van der Waals surface area contributed by atoms with Gasteiger partial charge >= 0.3 is 51.4 Å². The predicted octanol–water partition coefficient (Wildman–Crippen LogP) is 2.16. The molecule has 1 N–H and O–H groups in total. The molecule has 4 nitrogen and oxygen atoms in total. The van der Waals surface area contributed by atoms with Crippen molar-refractivity contribution >= 4 is 10.1 Å². The normalized spacial score (nSPS) is 14.1. The van der Waals surface area contributed by atoms with Gasteiger partial charge in [-0.2, -0.15) is 0 Å².